The van der Waals surface area contributed by atoms with E-state index in [1.807, 2.05) is 30.3 Å². The Bertz CT molecular complexity index is 826. The molecule has 1 N–H and O–H groups in total. The molecule has 174 valence electrons. The van der Waals surface area contributed by atoms with Crippen LogP contribution in [0.1, 0.15) is 24.5 Å². The lowest BCUT2D eigenvalue weighted by Gasteiger charge is -2.17. The second kappa shape index (κ2) is 15.5. The van der Waals surface area contributed by atoms with E-state index in [9.17, 15) is 9.59 Å². The summed E-state index contributed by atoms with van der Waals surface area (Å²) in [6.45, 7) is 2.03. The second-order valence-electron chi connectivity index (χ2n) is 6.95. The molecule has 0 aromatic heterocycles. The molecule has 1 atom stereocenters. The van der Waals surface area contributed by atoms with Crippen LogP contribution in [-0.4, -0.2) is 47.8 Å². The highest BCUT2D eigenvalue weighted by Gasteiger charge is 2.22. The van der Waals surface area contributed by atoms with Gasteiger partial charge in [0.2, 0.25) is 5.91 Å². The molecule has 0 unspecified atom stereocenters. The number of hydrogen-bond acceptors (Lipinski definition) is 5. The maximum Gasteiger partial charge on any atom is 0.328 e. The van der Waals surface area contributed by atoms with E-state index in [1.165, 1.54) is 0 Å². The number of hydrogen-bond donors (Lipinski definition) is 1. The van der Waals surface area contributed by atoms with Gasteiger partial charge in [-0.05, 0) is 42.7 Å². The number of amides is 1. The normalized spacial score (nSPS) is 11.7. The van der Waals surface area contributed by atoms with Crippen LogP contribution in [-0.2, 0) is 27.2 Å². The Kier molecular flexibility index (Phi) is 13.0. The molecule has 32 heavy (non-hydrogen) atoms. The minimum absolute atomic E-state index is 0.173. The quantitative estimate of drug-likeness (QED) is 0.203. The van der Waals surface area contributed by atoms with Gasteiger partial charge in [-0.3, -0.25) is 4.79 Å². The van der Waals surface area contributed by atoms with Crippen molar-refractivity contribution >= 4 is 58.6 Å². The summed E-state index contributed by atoms with van der Waals surface area (Å²) in [6, 6.07) is 15.2. The van der Waals surface area contributed by atoms with Gasteiger partial charge in [0.1, 0.15) is 6.04 Å². The van der Waals surface area contributed by atoms with Crippen molar-refractivity contribution in [3.05, 3.63) is 59.7 Å². The first-order chi connectivity index (χ1) is 15.5. The second-order valence-corrected chi connectivity index (χ2v) is 10.0. The Morgan fingerprint density at radius 3 is 2.16 bits per heavy atom. The Morgan fingerprint density at radius 1 is 0.969 bits per heavy atom. The van der Waals surface area contributed by atoms with Crippen LogP contribution in [0.25, 0.3) is 0 Å². The van der Waals surface area contributed by atoms with E-state index in [1.54, 1.807) is 30.4 Å². The number of nitrogens with one attached hydrogen (secondary N) is 1. The van der Waals surface area contributed by atoms with E-state index < -0.39 is 12.0 Å². The van der Waals surface area contributed by atoms with Crippen molar-refractivity contribution in [1.82, 2.24) is 5.32 Å². The number of carbonyl (C=O) groups is 2. The van der Waals surface area contributed by atoms with E-state index in [0.29, 0.717) is 24.6 Å². The summed E-state index contributed by atoms with van der Waals surface area (Å²) < 4.78 is 5.17. The van der Waals surface area contributed by atoms with Crippen LogP contribution in [0, 0.1) is 0 Å². The largest absolute Gasteiger partial charge is 0.464 e. The average Bonchev–Trinajstić information content (AvgIpc) is 2.80. The Labute approximate surface area is 209 Å². The third kappa shape index (κ3) is 10.1. The van der Waals surface area contributed by atoms with E-state index >= 15 is 0 Å². The van der Waals surface area contributed by atoms with Gasteiger partial charge in [-0.1, -0.05) is 30.3 Å². The molecule has 2 rings (SSSR count). The zero-order valence-corrected chi connectivity index (χ0v) is 21.3. The van der Waals surface area contributed by atoms with Gasteiger partial charge in [-0.25, -0.2) is 4.79 Å². The maximum absolute atomic E-state index is 12.7. The Hall–Kier alpha value is -1.34. The fourth-order valence-electron chi connectivity index (χ4n) is 3.06. The number of aryl methyl sites for hydroxylation is 1. The lowest BCUT2D eigenvalue weighted by atomic mass is 10.1. The Morgan fingerprint density at radius 2 is 1.59 bits per heavy atom. The number of thioether (sulfide) groups is 2. The van der Waals surface area contributed by atoms with Gasteiger partial charge in [-0.15, -0.1) is 46.7 Å². The standard InChI is InChI=1S/C24H29Cl2NO3S2/c1-2-30-24(29)22(16-18-6-4-3-5-7-18)27-23(28)9-8-19-14-20(31-12-10-25)17-21(15-19)32-13-11-26/h3-7,14-15,17,22H,2,8-13,16H2,1H3,(H,27,28)/t22-/m0/s1. The molecule has 0 aliphatic carbocycles. The molecule has 2 aromatic carbocycles. The van der Waals surface area contributed by atoms with Crippen LogP contribution in [0.5, 0.6) is 0 Å². The molecule has 2 aromatic rings. The summed E-state index contributed by atoms with van der Waals surface area (Å²) in [7, 11) is 0. The predicted molar refractivity (Wildman–Crippen MR) is 136 cm³/mol. The highest BCUT2D eigenvalue weighted by atomic mass is 35.5. The van der Waals surface area contributed by atoms with E-state index in [0.717, 1.165) is 32.4 Å². The maximum atomic E-state index is 12.7. The molecule has 0 saturated heterocycles. The third-order valence-electron chi connectivity index (χ3n) is 4.46. The molecule has 1 amide bonds. The van der Waals surface area contributed by atoms with Crippen molar-refractivity contribution in [3.63, 3.8) is 0 Å². The summed E-state index contributed by atoms with van der Waals surface area (Å²) in [5, 5.41) is 2.86. The van der Waals surface area contributed by atoms with Crippen molar-refractivity contribution in [2.24, 2.45) is 0 Å². The molecular formula is C24H29Cl2NO3S2. The number of halogens is 2. The monoisotopic (exact) mass is 513 g/mol. The molecule has 0 bridgehead atoms. The van der Waals surface area contributed by atoms with Crippen molar-refractivity contribution in [1.29, 1.82) is 0 Å². The fourth-order valence-corrected chi connectivity index (χ4v) is 5.12. The number of ether oxygens (including phenoxy) is 1. The number of benzene rings is 2. The zero-order valence-electron chi connectivity index (χ0n) is 18.2. The summed E-state index contributed by atoms with van der Waals surface area (Å²) in [5.74, 6) is 2.23. The van der Waals surface area contributed by atoms with E-state index in [-0.39, 0.29) is 18.9 Å². The fraction of sp³-hybridized carbons (Fsp3) is 0.417. The SMILES string of the molecule is CCOC(=O)[C@H](Cc1ccccc1)NC(=O)CCc1cc(SCCCl)cc(SCCCl)c1. The first-order valence-electron chi connectivity index (χ1n) is 10.6. The first kappa shape index (κ1) is 26.9. The van der Waals surface area contributed by atoms with Gasteiger partial charge >= 0.3 is 5.97 Å². The van der Waals surface area contributed by atoms with E-state index in [4.69, 9.17) is 27.9 Å². The van der Waals surface area contributed by atoms with Crippen LogP contribution >= 0.6 is 46.7 Å². The smallest absolute Gasteiger partial charge is 0.328 e. The van der Waals surface area contributed by atoms with Crippen molar-refractivity contribution in [2.75, 3.05) is 29.9 Å². The molecular weight excluding hydrogens is 485 g/mol. The molecule has 0 aliphatic heterocycles. The summed E-state index contributed by atoms with van der Waals surface area (Å²) in [5.41, 5.74) is 2.04. The first-order valence-corrected chi connectivity index (χ1v) is 13.6. The molecule has 0 fully saturated rings. The number of alkyl halides is 2. The molecule has 4 nitrogen and oxygen atoms in total. The van der Waals surface area contributed by atoms with Crippen molar-refractivity contribution in [2.45, 2.75) is 42.0 Å². The lowest BCUT2D eigenvalue weighted by Crippen LogP contribution is -2.43. The minimum atomic E-state index is -0.703. The molecule has 8 heteroatoms. The number of esters is 1. The third-order valence-corrected chi connectivity index (χ3v) is 7.24. The van der Waals surface area contributed by atoms with Crippen LogP contribution in [0.15, 0.2) is 58.3 Å². The van der Waals surface area contributed by atoms with Crippen molar-refractivity contribution in [3.8, 4) is 0 Å². The van der Waals surface area contributed by atoms with Crippen LogP contribution in [0.3, 0.4) is 0 Å². The van der Waals surface area contributed by atoms with E-state index in [2.05, 4.69) is 23.5 Å². The topological polar surface area (TPSA) is 55.4 Å². The summed E-state index contributed by atoms with van der Waals surface area (Å²) in [4.78, 5) is 27.3. The average molecular weight is 515 g/mol. The predicted octanol–water partition coefficient (Wildman–Crippen LogP) is 5.57. The summed E-state index contributed by atoms with van der Waals surface area (Å²) in [6.07, 6.45) is 1.26. The Balaban J connectivity index is 2.02. The van der Waals surface area contributed by atoms with Gasteiger partial charge in [0.15, 0.2) is 0 Å². The highest BCUT2D eigenvalue weighted by molar-refractivity contribution is 8.00. The van der Waals surface area contributed by atoms with Gasteiger partial charge in [0, 0.05) is 45.9 Å². The molecule has 0 spiro atoms. The molecule has 0 aliphatic rings. The van der Waals surface area contributed by atoms with Crippen molar-refractivity contribution < 1.29 is 14.3 Å². The minimum Gasteiger partial charge on any atom is -0.464 e. The highest BCUT2D eigenvalue weighted by Crippen LogP contribution is 2.28. The molecule has 0 heterocycles. The van der Waals surface area contributed by atoms with Gasteiger partial charge in [-0.2, -0.15) is 0 Å². The number of rotatable bonds is 14. The summed E-state index contributed by atoms with van der Waals surface area (Å²) >= 11 is 15.1. The van der Waals surface area contributed by atoms with Crippen LogP contribution in [0.2, 0.25) is 0 Å². The van der Waals surface area contributed by atoms with Gasteiger partial charge in [0.25, 0.3) is 0 Å². The van der Waals surface area contributed by atoms with Gasteiger partial charge in [0.05, 0.1) is 6.61 Å². The number of carbonyl (C=O) groups excluding carboxylic acids is 2. The zero-order chi connectivity index (χ0) is 23.2. The lowest BCUT2D eigenvalue weighted by molar-refractivity contribution is -0.147. The van der Waals surface area contributed by atoms with Gasteiger partial charge < -0.3 is 10.1 Å². The van der Waals surface area contributed by atoms with Crippen LogP contribution < -0.4 is 5.32 Å². The molecule has 0 radical (unpaired) electrons. The molecule has 0 saturated carbocycles. The van der Waals surface area contributed by atoms with Crippen LogP contribution in [0.4, 0.5) is 0 Å².